The van der Waals surface area contributed by atoms with Crippen LogP contribution in [0.15, 0.2) is 40.0 Å². The van der Waals surface area contributed by atoms with Crippen LogP contribution in [0.25, 0.3) is 0 Å². The van der Waals surface area contributed by atoms with Gasteiger partial charge in [-0.15, -0.1) is 0 Å². The van der Waals surface area contributed by atoms with Gasteiger partial charge in [-0.25, -0.2) is 0 Å². The van der Waals surface area contributed by atoms with E-state index >= 15 is 0 Å². The highest BCUT2D eigenvalue weighted by Gasteiger charge is 2.12. The van der Waals surface area contributed by atoms with E-state index in [0.717, 1.165) is 0 Å². The average Bonchev–Trinajstić information content (AvgIpc) is 2.92. The highest BCUT2D eigenvalue weighted by molar-refractivity contribution is 6.02. The van der Waals surface area contributed by atoms with Gasteiger partial charge in [0.25, 0.3) is 5.91 Å². The topological polar surface area (TPSA) is 123 Å². The second-order valence-electron chi connectivity index (χ2n) is 4.19. The van der Waals surface area contributed by atoms with E-state index in [1.807, 2.05) is 0 Å². The van der Waals surface area contributed by atoms with Crippen LogP contribution in [-0.4, -0.2) is 28.7 Å². The lowest BCUT2D eigenvalue weighted by atomic mass is 10.3. The van der Waals surface area contributed by atoms with Gasteiger partial charge in [0.1, 0.15) is 12.4 Å². The first-order chi connectivity index (χ1) is 10.1. The summed E-state index contributed by atoms with van der Waals surface area (Å²) < 4.78 is 10.2. The largest absolute Gasteiger partial charge is 0.485 e. The Hall–Kier alpha value is -3.03. The van der Waals surface area contributed by atoms with Crippen LogP contribution in [0, 0.1) is 6.92 Å². The van der Waals surface area contributed by atoms with E-state index in [2.05, 4.69) is 15.6 Å². The predicted molar refractivity (Wildman–Crippen MR) is 74.5 cm³/mol. The van der Waals surface area contributed by atoms with E-state index in [1.54, 1.807) is 31.2 Å². The first kappa shape index (κ1) is 14.4. The molecule has 1 aromatic carbocycles. The number of amidine groups is 1. The molecule has 1 heterocycles. The summed E-state index contributed by atoms with van der Waals surface area (Å²) in [6.45, 7) is 1.66. The van der Waals surface area contributed by atoms with Gasteiger partial charge in [0, 0.05) is 17.8 Å². The molecule has 2 aromatic rings. The molecule has 1 amide bonds. The number of aromatic nitrogens is 1. The molecule has 4 N–H and O–H groups in total. The maximum absolute atomic E-state index is 11.9. The van der Waals surface area contributed by atoms with E-state index in [1.165, 1.54) is 6.07 Å². The van der Waals surface area contributed by atoms with E-state index in [4.69, 9.17) is 20.2 Å². The Morgan fingerprint density at radius 1 is 1.52 bits per heavy atom. The first-order valence-corrected chi connectivity index (χ1v) is 6.02. The smallest absolute Gasteiger partial charge is 0.294 e. The van der Waals surface area contributed by atoms with Gasteiger partial charge < -0.3 is 25.5 Å². The fourth-order valence-electron chi connectivity index (χ4n) is 1.51. The molecule has 0 aliphatic rings. The van der Waals surface area contributed by atoms with Crippen molar-refractivity contribution in [1.82, 2.24) is 5.16 Å². The number of benzene rings is 1. The standard InChI is InChI=1S/C13H14N4O4/c1-8-5-11(21-17-8)13(18)15-9-3-2-4-10(6-9)20-7-12(14)16-19/h2-6,19H,7H2,1H3,(H2,14,16)(H,15,18). The number of aryl methyl sites for hydroxylation is 1. The maximum atomic E-state index is 11.9. The second-order valence-corrected chi connectivity index (χ2v) is 4.19. The normalized spacial score (nSPS) is 11.2. The molecule has 8 heteroatoms. The van der Waals surface area contributed by atoms with E-state index in [0.29, 0.717) is 17.1 Å². The van der Waals surface area contributed by atoms with Crippen LogP contribution in [-0.2, 0) is 0 Å². The fourth-order valence-corrected chi connectivity index (χ4v) is 1.51. The molecule has 2 rings (SSSR count). The maximum Gasteiger partial charge on any atom is 0.294 e. The molecule has 0 bridgehead atoms. The minimum Gasteiger partial charge on any atom is -0.485 e. The van der Waals surface area contributed by atoms with Gasteiger partial charge in [-0.1, -0.05) is 16.4 Å². The number of nitrogens with two attached hydrogens (primary N) is 1. The molecule has 8 nitrogen and oxygen atoms in total. The average molecular weight is 290 g/mol. The molecular weight excluding hydrogens is 276 g/mol. The third-order valence-corrected chi connectivity index (χ3v) is 2.46. The molecular formula is C13H14N4O4. The number of rotatable bonds is 5. The second kappa shape index (κ2) is 6.42. The number of anilines is 1. The lowest BCUT2D eigenvalue weighted by Gasteiger charge is -2.07. The molecule has 0 aliphatic heterocycles. The molecule has 0 radical (unpaired) electrons. The van der Waals surface area contributed by atoms with Gasteiger partial charge >= 0.3 is 0 Å². The minimum absolute atomic E-state index is 0.0541. The van der Waals surface area contributed by atoms with Crippen LogP contribution in [0.3, 0.4) is 0 Å². The number of carbonyl (C=O) groups excluding carboxylic acids is 1. The summed E-state index contributed by atoms with van der Waals surface area (Å²) in [5.74, 6) is 0.120. The number of hydrogen-bond donors (Lipinski definition) is 3. The summed E-state index contributed by atoms with van der Waals surface area (Å²) in [4.78, 5) is 11.9. The van der Waals surface area contributed by atoms with Crippen molar-refractivity contribution in [3.05, 3.63) is 41.8 Å². The van der Waals surface area contributed by atoms with Crippen molar-refractivity contribution in [2.45, 2.75) is 6.92 Å². The highest BCUT2D eigenvalue weighted by atomic mass is 16.5. The van der Waals surface area contributed by atoms with Gasteiger partial charge in [-0.05, 0) is 19.1 Å². The predicted octanol–water partition coefficient (Wildman–Crippen LogP) is 1.36. The Kier molecular flexibility index (Phi) is 4.39. The fraction of sp³-hybridized carbons (Fsp3) is 0.154. The lowest BCUT2D eigenvalue weighted by molar-refractivity contribution is 0.0988. The Morgan fingerprint density at radius 2 is 2.33 bits per heavy atom. The summed E-state index contributed by atoms with van der Waals surface area (Å²) in [6, 6.07) is 8.21. The SMILES string of the molecule is Cc1cc(C(=O)Nc2cccc(OCC(N)=NO)c2)on1. The molecule has 0 unspecified atom stereocenters. The van der Waals surface area contributed by atoms with Crippen molar-refractivity contribution in [3.8, 4) is 5.75 Å². The Morgan fingerprint density at radius 3 is 3.00 bits per heavy atom. The molecule has 0 saturated carbocycles. The van der Waals surface area contributed by atoms with Crippen molar-refractivity contribution in [2.24, 2.45) is 10.9 Å². The number of oxime groups is 1. The number of carbonyl (C=O) groups is 1. The zero-order valence-electron chi connectivity index (χ0n) is 11.2. The Labute approximate surface area is 120 Å². The van der Waals surface area contributed by atoms with Crippen LogP contribution < -0.4 is 15.8 Å². The van der Waals surface area contributed by atoms with Gasteiger partial charge in [-0.3, -0.25) is 4.79 Å². The van der Waals surface area contributed by atoms with Crippen LogP contribution in [0.5, 0.6) is 5.75 Å². The summed E-state index contributed by atoms with van der Waals surface area (Å²) in [5, 5.41) is 17.5. The molecule has 0 fully saturated rings. The third-order valence-electron chi connectivity index (χ3n) is 2.46. The minimum atomic E-state index is -0.413. The zero-order valence-corrected chi connectivity index (χ0v) is 11.2. The molecule has 1 aromatic heterocycles. The molecule has 110 valence electrons. The molecule has 0 saturated heterocycles. The zero-order chi connectivity index (χ0) is 15.2. The van der Waals surface area contributed by atoms with Crippen molar-refractivity contribution >= 4 is 17.4 Å². The molecule has 0 aliphatic carbocycles. The number of amides is 1. The van der Waals surface area contributed by atoms with Crippen molar-refractivity contribution in [1.29, 1.82) is 0 Å². The summed E-state index contributed by atoms with van der Waals surface area (Å²) >= 11 is 0. The van der Waals surface area contributed by atoms with Crippen molar-refractivity contribution in [2.75, 3.05) is 11.9 Å². The van der Waals surface area contributed by atoms with E-state index in [9.17, 15) is 4.79 Å². The number of ether oxygens (including phenoxy) is 1. The van der Waals surface area contributed by atoms with Gasteiger partial charge in [-0.2, -0.15) is 0 Å². The van der Waals surface area contributed by atoms with Gasteiger partial charge in [0.15, 0.2) is 5.84 Å². The Balaban J connectivity index is 2.02. The van der Waals surface area contributed by atoms with E-state index in [-0.39, 0.29) is 18.2 Å². The van der Waals surface area contributed by atoms with E-state index < -0.39 is 5.91 Å². The van der Waals surface area contributed by atoms with Crippen LogP contribution in [0.2, 0.25) is 0 Å². The van der Waals surface area contributed by atoms with Gasteiger partial charge in [0.05, 0.1) is 5.69 Å². The molecule has 21 heavy (non-hydrogen) atoms. The lowest BCUT2D eigenvalue weighted by Crippen LogP contribution is -2.20. The van der Waals surface area contributed by atoms with Crippen LogP contribution in [0.1, 0.15) is 16.2 Å². The quantitative estimate of drug-likeness (QED) is 0.330. The molecule has 0 atom stereocenters. The first-order valence-electron chi connectivity index (χ1n) is 6.02. The number of nitrogens with zero attached hydrogens (tertiary/aromatic N) is 2. The summed E-state index contributed by atoms with van der Waals surface area (Å²) in [6.07, 6.45) is 0. The number of hydrogen-bond acceptors (Lipinski definition) is 6. The summed E-state index contributed by atoms with van der Waals surface area (Å²) in [5.41, 5.74) is 6.44. The molecule has 0 spiro atoms. The van der Waals surface area contributed by atoms with Gasteiger partial charge in [0.2, 0.25) is 5.76 Å². The Bertz CT molecular complexity index is 666. The highest BCUT2D eigenvalue weighted by Crippen LogP contribution is 2.18. The van der Waals surface area contributed by atoms with Crippen molar-refractivity contribution < 1.29 is 19.3 Å². The van der Waals surface area contributed by atoms with Crippen LogP contribution in [0.4, 0.5) is 5.69 Å². The number of nitrogens with one attached hydrogen (secondary N) is 1. The van der Waals surface area contributed by atoms with Crippen LogP contribution >= 0.6 is 0 Å². The summed E-state index contributed by atoms with van der Waals surface area (Å²) in [7, 11) is 0. The third kappa shape index (κ3) is 3.96. The van der Waals surface area contributed by atoms with Crippen molar-refractivity contribution in [3.63, 3.8) is 0 Å². The monoisotopic (exact) mass is 290 g/mol.